The van der Waals surface area contributed by atoms with E-state index in [-0.39, 0.29) is 11.7 Å². The third kappa shape index (κ3) is 5.26. The van der Waals surface area contributed by atoms with Crippen molar-refractivity contribution in [2.24, 2.45) is 7.05 Å². The molecule has 2 aromatic heterocycles. The number of nitrogens with zero attached hydrogens (tertiary/aromatic N) is 4. The van der Waals surface area contributed by atoms with E-state index in [9.17, 15) is 4.79 Å². The Morgan fingerprint density at radius 2 is 1.86 bits per heavy atom. The van der Waals surface area contributed by atoms with E-state index in [4.69, 9.17) is 9.47 Å². The van der Waals surface area contributed by atoms with Gasteiger partial charge in [-0.25, -0.2) is 0 Å². The summed E-state index contributed by atoms with van der Waals surface area (Å²) in [6.07, 6.45) is 4.12. The zero-order valence-corrected chi connectivity index (χ0v) is 17.4. The number of pyridine rings is 1. The Kier molecular flexibility index (Phi) is 7.07. The topological polar surface area (TPSA) is 91.2 Å². The summed E-state index contributed by atoms with van der Waals surface area (Å²) in [5.74, 6) is 2.33. The van der Waals surface area contributed by atoms with Crippen molar-refractivity contribution in [2.75, 3.05) is 26.5 Å². The fourth-order valence-electron chi connectivity index (χ4n) is 2.76. The molecule has 1 amide bonds. The lowest BCUT2D eigenvalue weighted by Crippen LogP contribution is -2.27. The number of carbonyl (C=O) groups is 1. The third-order valence-electron chi connectivity index (χ3n) is 4.29. The highest BCUT2D eigenvalue weighted by molar-refractivity contribution is 7.99. The molecule has 3 rings (SSSR count). The number of nitrogens with one attached hydrogen (secondary N) is 1. The van der Waals surface area contributed by atoms with E-state index in [1.165, 1.54) is 11.8 Å². The lowest BCUT2D eigenvalue weighted by molar-refractivity contribution is -0.118. The molecule has 29 heavy (non-hydrogen) atoms. The van der Waals surface area contributed by atoms with E-state index in [0.717, 1.165) is 17.0 Å². The predicted molar refractivity (Wildman–Crippen MR) is 111 cm³/mol. The van der Waals surface area contributed by atoms with Gasteiger partial charge in [0.25, 0.3) is 0 Å². The molecule has 152 valence electrons. The minimum atomic E-state index is -0.0519. The summed E-state index contributed by atoms with van der Waals surface area (Å²) in [6, 6.07) is 9.49. The lowest BCUT2D eigenvalue weighted by atomic mass is 10.1. The molecule has 0 saturated carbocycles. The Bertz CT molecular complexity index is 962. The molecule has 0 radical (unpaired) electrons. The molecule has 9 heteroatoms. The van der Waals surface area contributed by atoms with E-state index < -0.39 is 0 Å². The summed E-state index contributed by atoms with van der Waals surface area (Å²) < 4.78 is 12.4. The van der Waals surface area contributed by atoms with Gasteiger partial charge in [0, 0.05) is 31.5 Å². The maximum atomic E-state index is 12.2. The normalized spacial score (nSPS) is 10.6. The van der Waals surface area contributed by atoms with Crippen LogP contribution < -0.4 is 14.8 Å². The van der Waals surface area contributed by atoms with Crippen LogP contribution in [0.2, 0.25) is 0 Å². The monoisotopic (exact) mass is 413 g/mol. The summed E-state index contributed by atoms with van der Waals surface area (Å²) in [4.78, 5) is 16.2. The van der Waals surface area contributed by atoms with E-state index in [1.54, 1.807) is 26.6 Å². The van der Waals surface area contributed by atoms with Crippen molar-refractivity contribution in [3.63, 3.8) is 0 Å². The molecule has 3 aromatic rings. The molecule has 0 aliphatic heterocycles. The first-order chi connectivity index (χ1) is 14.1. The molecule has 0 aliphatic carbocycles. The molecule has 0 fully saturated rings. The van der Waals surface area contributed by atoms with Crippen LogP contribution in [0, 0.1) is 0 Å². The SMILES string of the molecule is COc1ccc(CCNC(=O)CSc2nnc(-c3ccncc3)n2C)cc1OC. The molecule has 0 aliphatic rings. The van der Waals surface area contributed by atoms with Gasteiger partial charge < -0.3 is 19.4 Å². The number of benzene rings is 1. The molecular weight excluding hydrogens is 390 g/mol. The van der Waals surface area contributed by atoms with Crippen molar-refractivity contribution < 1.29 is 14.3 Å². The van der Waals surface area contributed by atoms with Gasteiger partial charge in [-0.2, -0.15) is 0 Å². The summed E-state index contributed by atoms with van der Waals surface area (Å²) in [5, 5.41) is 12.0. The van der Waals surface area contributed by atoms with E-state index in [2.05, 4.69) is 20.5 Å². The molecule has 0 atom stereocenters. The fraction of sp³-hybridized carbons (Fsp3) is 0.300. The fourth-order valence-corrected chi connectivity index (χ4v) is 3.50. The molecule has 0 saturated heterocycles. The first-order valence-electron chi connectivity index (χ1n) is 9.02. The van der Waals surface area contributed by atoms with Gasteiger partial charge >= 0.3 is 0 Å². The number of carbonyl (C=O) groups excluding carboxylic acids is 1. The van der Waals surface area contributed by atoms with Gasteiger partial charge in [0.15, 0.2) is 22.5 Å². The summed E-state index contributed by atoms with van der Waals surface area (Å²) in [7, 11) is 5.09. The van der Waals surface area contributed by atoms with Crippen molar-refractivity contribution in [2.45, 2.75) is 11.6 Å². The largest absolute Gasteiger partial charge is 0.493 e. The standard InChI is InChI=1S/C20H23N5O3S/c1-25-19(15-7-9-21-10-8-15)23-24-20(25)29-13-18(26)22-11-6-14-4-5-16(27-2)17(12-14)28-3/h4-5,7-10,12H,6,11,13H2,1-3H3,(H,22,26). The second-order valence-electron chi connectivity index (χ2n) is 6.18. The average molecular weight is 414 g/mol. The molecule has 1 aromatic carbocycles. The highest BCUT2D eigenvalue weighted by Crippen LogP contribution is 2.27. The van der Waals surface area contributed by atoms with Crippen LogP contribution in [0.15, 0.2) is 47.9 Å². The molecule has 8 nitrogen and oxygen atoms in total. The van der Waals surface area contributed by atoms with Crippen molar-refractivity contribution in [1.29, 1.82) is 0 Å². The van der Waals surface area contributed by atoms with Gasteiger partial charge in [0.05, 0.1) is 20.0 Å². The van der Waals surface area contributed by atoms with Crippen LogP contribution in [-0.2, 0) is 18.3 Å². The Morgan fingerprint density at radius 3 is 2.59 bits per heavy atom. The predicted octanol–water partition coefficient (Wildman–Crippen LogP) is 2.35. The second-order valence-corrected chi connectivity index (χ2v) is 7.12. The molecule has 2 heterocycles. The molecule has 0 bridgehead atoms. The highest BCUT2D eigenvalue weighted by atomic mass is 32.2. The number of thioether (sulfide) groups is 1. The lowest BCUT2D eigenvalue weighted by Gasteiger charge is -2.10. The molecule has 0 unspecified atom stereocenters. The van der Waals surface area contributed by atoms with Crippen molar-refractivity contribution >= 4 is 17.7 Å². The van der Waals surface area contributed by atoms with E-state index in [1.807, 2.05) is 41.9 Å². The Labute approximate surface area is 173 Å². The van der Waals surface area contributed by atoms with Crippen LogP contribution in [0.1, 0.15) is 5.56 Å². The number of aromatic nitrogens is 4. The number of methoxy groups -OCH3 is 2. The first-order valence-corrected chi connectivity index (χ1v) is 10.0. The number of rotatable bonds is 9. The summed E-state index contributed by atoms with van der Waals surface area (Å²) >= 11 is 1.35. The summed E-state index contributed by atoms with van der Waals surface area (Å²) in [6.45, 7) is 0.538. The van der Waals surface area contributed by atoms with Gasteiger partial charge in [0.2, 0.25) is 5.91 Å². The quantitative estimate of drug-likeness (QED) is 0.539. The van der Waals surface area contributed by atoms with Crippen molar-refractivity contribution in [3.05, 3.63) is 48.3 Å². The molecular formula is C20H23N5O3S. The Morgan fingerprint density at radius 1 is 1.10 bits per heavy atom. The van der Waals surface area contributed by atoms with Gasteiger partial charge in [-0.15, -0.1) is 10.2 Å². The zero-order valence-electron chi connectivity index (χ0n) is 16.6. The average Bonchev–Trinajstić information content (AvgIpc) is 3.13. The van der Waals surface area contributed by atoms with E-state index in [0.29, 0.717) is 29.6 Å². The molecule has 0 spiro atoms. The van der Waals surface area contributed by atoms with Crippen LogP contribution in [0.25, 0.3) is 11.4 Å². The maximum Gasteiger partial charge on any atom is 0.230 e. The molecule has 1 N–H and O–H groups in total. The second kappa shape index (κ2) is 9.92. The Hall–Kier alpha value is -3.07. The van der Waals surface area contributed by atoms with Crippen LogP contribution in [0.5, 0.6) is 11.5 Å². The maximum absolute atomic E-state index is 12.2. The van der Waals surface area contributed by atoms with Crippen molar-refractivity contribution in [3.8, 4) is 22.9 Å². The first kappa shape index (κ1) is 20.7. The minimum Gasteiger partial charge on any atom is -0.493 e. The van der Waals surface area contributed by atoms with E-state index >= 15 is 0 Å². The van der Waals surface area contributed by atoms with Crippen molar-refractivity contribution in [1.82, 2.24) is 25.1 Å². The van der Waals surface area contributed by atoms with Crippen LogP contribution in [0.3, 0.4) is 0 Å². The summed E-state index contributed by atoms with van der Waals surface area (Å²) in [5.41, 5.74) is 1.99. The highest BCUT2D eigenvalue weighted by Gasteiger charge is 2.13. The van der Waals surface area contributed by atoms with Gasteiger partial charge in [0.1, 0.15) is 0 Å². The van der Waals surface area contributed by atoms with Gasteiger partial charge in [-0.05, 0) is 36.2 Å². The number of hydrogen-bond donors (Lipinski definition) is 1. The minimum absolute atomic E-state index is 0.0519. The van der Waals surface area contributed by atoms with Crippen LogP contribution in [0.4, 0.5) is 0 Å². The van der Waals surface area contributed by atoms with Gasteiger partial charge in [-0.1, -0.05) is 17.8 Å². The number of hydrogen-bond acceptors (Lipinski definition) is 7. The van der Waals surface area contributed by atoms with Gasteiger partial charge in [-0.3, -0.25) is 9.78 Å². The Balaban J connectivity index is 1.48. The number of amides is 1. The zero-order chi connectivity index (χ0) is 20.6. The third-order valence-corrected chi connectivity index (χ3v) is 5.31. The smallest absolute Gasteiger partial charge is 0.230 e. The number of ether oxygens (including phenoxy) is 2. The van der Waals surface area contributed by atoms with Crippen LogP contribution >= 0.6 is 11.8 Å². The van der Waals surface area contributed by atoms with Crippen LogP contribution in [-0.4, -0.2) is 52.2 Å².